The fourth-order valence-corrected chi connectivity index (χ4v) is 2.93. The maximum atomic E-state index is 12.3. The van der Waals surface area contributed by atoms with Crippen molar-refractivity contribution in [2.75, 3.05) is 24.9 Å². The van der Waals surface area contributed by atoms with Crippen LogP contribution in [0.5, 0.6) is 11.5 Å². The van der Waals surface area contributed by atoms with Gasteiger partial charge in [0.25, 0.3) is 0 Å². The van der Waals surface area contributed by atoms with E-state index >= 15 is 0 Å². The molecule has 0 aliphatic heterocycles. The van der Waals surface area contributed by atoms with E-state index in [4.69, 9.17) is 9.47 Å². The van der Waals surface area contributed by atoms with Crippen molar-refractivity contribution in [1.82, 2.24) is 0 Å². The summed E-state index contributed by atoms with van der Waals surface area (Å²) in [6, 6.07) is 10.3. The molecule has 0 bridgehead atoms. The number of ether oxygens (including phenoxy) is 2. The zero-order valence-electron chi connectivity index (χ0n) is 17.3. The Morgan fingerprint density at radius 1 is 0.700 bits per heavy atom. The Labute approximate surface area is 174 Å². The molecular weight excluding hydrogens is 388 g/mol. The second-order valence-electron chi connectivity index (χ2n) is 6.62. The van der Waals surface area contributed by atoms with Gasteiger partial charge >= 0.3 is 0 Å². The highest BCUT2D eigenvalue weighted by Crippen LogP contribution is 2.42. The van der Waals surface area contributed by atoms with Gasteiger partial charge in [0.1, 0.15) is 23.1 Å². The number of carbonyl (C=O) groups excluding carboxylic acids is 4. The first-order valence-corrected chi connectivity index (χ1v) is 9.19. The van der Waals surface area contributed by atoms with Crippen molar-refractivity contribution >= 4 is 34.8 Å². The fourth-order valence-electron chi connectivity index (χ4n) is 2.93. The number of nitrogens with one attached hydrogen (secondary N) is 2. The molecule has 30 heavy (non-hydrogen) atoms. The summed E-state index contributed by atoms with van der Waals surface area (Å²) in [7, 11) is 2.92. The smallest absolute Gasteiger partial charge is 0.231 e. The molecule has 0 saturated carbocycles. The fraction of sp³-hybridized carbons (Fsp3) is 0.273. The Bertz CT molecular complexity index is 904. The van der Waals surface area contributed by atoms with Gasteiger partial charge in [-0.2, -0.15) is 0 Å². The van der Waals surface area contributed by atoms with Crippen LogP contribution >= 0.6 is 0 Å². The molecule has 0 fully saturated rings. The summed E-state index contributed by atoms with van der Waals surface area (Å²) in [6.07, 6.45) is -0.560. The van der Waals surface area contributed by atoms with E-state index in [1.807, 2.05) is 0 Å². The molecule has 0 aliphatic carbocycles. The second kappa shape index (κ2) is 10.2. The van der Waals surface area contributed by atoms with E-state index in [0.29, 0.717) is 34.0 Å². The minimum absolute atomic E-state index is 0.275. The van der Waals surface area contributed by atoms with Gasteiger partial charge in [0, 0.05) is 11.1 Å². The number of rotatable bonds is 9. The van der Waals surface area contributed by atoms with E-state index in [2.05, 4.69) is 10.6 Å². The third-order valence-electron chi connectivity index (χ3n) is 4.13. The molecule has 8 nitrogen and oxygen atoms in total. The molecule has 2 N–H and O–H groups in total. The first-order valence-electron chi connectivity index (χ1n) is 9.19. The third kappa shape index (κ3) is 5.66. The van der Waals surface area contributed by atoms with Gasteiger partial charge < -0.3 is 20.1 Å². The number of hydrogen-bond donors (Lipinski definition) is 2. The van der Waals surface area contributed by atoms with Gasteiger partial charge in [-0.25, -0.2) is 0 Å². The van der Waals surface area contributed by atoms with Crippen molar-refractivity contribution in [2.45, 2.75) is 26.7 Å². The molecule has 0 unspecified atom stereocenters. The van der Waals surface area contributed by atoms with Gasteiger partial charge in [-0.05, 0) is 26.0 Å². The number of anilines is 2. The first-order chi connectivity index (χ1) is 14.3. The highest BCUT2D eigenvalue weighted by molar-refractivity contribution is 6.09. The number of carbonyl (C=O) groups is 4. The normalized spacial score (nSPS) is 10.1. The van der Waals surface area contributed by atoms with Crippen molar-refractivity contribution in [3.05, 3.63) is 36.4 Å². The third-order valence-corrected chi connectivity index (χ3v) is 4.13. The monoisotopic (exact) mass is 412 g/mol. The molecule has 2 aromatic rings. The molecule has 2 amide bonds. The van der Waals surface area contributed by atoms with Crippen LogP contribution in [0.2, 0.25) is 0 Å². The molecular formula is C22H24N2O6. The van der Waals surface area contributed by atoms with E-state index in [1.54, 1.807) is 36.4 Å². The van der Waals surface area contributed by atoms with E-state index in [0.717, 1.165) is 0 Å². The van der Waals surface area contributed by atoms with Gasteiger partial charge in [0.15, 0.2) is 0 Å². The number of ketones is 2. The van der Waals surface area contributed by atoms with Crippen LogP contribution in [0.15, 0.2) is 36.4 Å². The summed E-state index contributed by atoms with van der Waals surface area (Å²) in [5.41, 5.74) is 1.79. The lowest BCUT2D eigenvalue weighted by atomic mass is 9.99. The zero-order chi connectivity index (χ0) is 22.3. The standard InChI is InChI=1S/C22H24N2O6/c1-13(25)11-19(27)23-21-15(7-5-9-17(21)29-3)16-8-6-10-18(30-4)22(16)24-20(28)12-14(2)26/h5-10H,11-12H2,1-4H3,(H,23,27)(H,24,28). The maximum Gasteiger partial charge on any atom is 0.231 e. The van der Waals surface area contributed by atoms with Crippen molar-refractivity contribution in [2.24, 2.45) is 0 Å². The number of Topliss-reactive ketones (excluding diaryl/α,β-unsaturated/α-hetero) is 2. The molecule has 0 spiro atoms. The Hall–Kier alpha value is -3.68. The topological polar surface area (TPSA) is 111 Å². The Kier molecular flexibility index (Phi) is 7.69. The second-order valence-corrected chi connectivity index (χ2v) is 6.62. The van der Waals surface area contributed by atoms with Crippen molar-refractivity contribution in [3.63, 3.8) is 0 Å². The highest BCUT2D eigenvalue weighted by Gasteiger charge is 2.20. The average molecular weight is 412 g/mol. The predicted molar refractivity (Wildman–Crippen MR) is 113 cm³/mol. The van der Waals surface area contributed by atoms with Gasteiger partial charge in [-0.3, -0.25) is 19.2 Å². The summed E-state index contributed by atoms with van der Waals surface area (Å²) in [4.78, 5) is 47.2. The number of para-hydroxylation sites is 2. The number of benzene rings is 2. The first kappa shape index (κ1) is 22.6. The lowest BCUT2D eigenvalue weighted by Gasteiger charge is -2.19. The van der Waals surface area contributed by atoms with Crippen molar-refractivity contribution < 1.29 is 28.7 Å². The van der Waals surface area contributed by atoms with Gasteiger partial charge in [0.05, 0.1) is 38.4 Å². The minimum Gasteiger partial charge on any atom is -0.495 e. The minimum atomic E-state index is -0.488. The molecule has 0 atom stereocenters. The summed E-state index contributed by atoms with van der Waals surface area (Å²) >= 11 is 0. The Morgan fingerprint density at radius 2 is 1.07 bits per heavy atom. The molecule has 0 aromatic heterocycles. The molecule has 0 radical (unpaired) electrons. The number of methoxy groups -OCH3 is 2. The molecule has 8 heteroatoms. The van der Waals surface area contributed by atoms with Crippen LogP contribution in [0.25, 0.3) is 11.1 Å². The van der Waals surface area contributed by atoms with E-state index in [9.17, 15) is 19.2 Å². The van der Waals surface area contributed by atoms with E-state index in [-0.39, 0.29) is 24.4 Å². The number of hydrogen-bond acceptors (Lipinski definition) is 6. The van der Waals surface area contributed by atoms with Gasteiger partial charge in [-0.15, -0.1) is 0 Å². The molecule has 0 saturated heterocycles. The lowest BCUT2D eigenvalue weighted by Crippen LogP contribution is -2.17. The predicted octanol–water partition coefficient (Wildman–Crippen LogP) is 3.21. The van der Waals surface area contributed by atoms with Crippen LogP contribution in [-0.2, 0) is 19.2 Å². The SMILES string of the molecule is COc1cccc(-c2cccc(OC)c2NC(=O)CC(C)=O)c1NC(=O)CC(C)=O. The summed E-state index contributed by atoms with van der Waals surface area (Å²) in [5.74, 6) is -0.761. The van der Waals surface area contributed by atoms with Crippen LogP contribution in [-0.4, -0.2) is 37.6 Å². The average Bonchev–Trinajstić information content (AvgIpc) is 2.67. The van der Waals surface area contributed by atoms with Gasteiger partial charge in [0.2, 0.25) is 11.8 Å². The summed E-state index contributed by atoms with van der Waals surface area (Å²) in [6.45, 7) is 2.65. The number of amides is 2. The molecule has 0 heterocycles. The summed E-state index contributed by atoms with van der Waals surface area (Å²) in [5, 5.41) is 5.44. The molecule has 0 aliphatic rings. The Morgan fingerprint density at radius 3 is 1.37 bits per heavy atom. The quantitative estimate of drug-likeness (QED) is 0.612. The Balaban J connectivity index is 2.60. The van der Waals surface area contributed by atoms with Crippen molar-refractivity contribution in [3.8, 4) is 22.6 Å². The molecule has 2 rings (SSSR count). The zero-order valence-corrected chi connectivity index (χ0v) is 17.3. The van der Waals surface area contributed by atoms with Crippen molar-refractivity contribution in [1.29, 1.82) is 0 Å². The van der Waals surface area contributed by atoms with Crippen LogP contribution in [0, 0.1) is 0 Å². The van der Waals surface area contributed by atoms with E-state index < -0.39 is 11.8 Å². The van der Waals surface area contributed by atoms with Crippen LogP contribution in [0.1, 0.15) is 26.7 Å². The van der Waals surface area contributed by atoms with Crippen LogP contribution in [0.4, 0.5) is 11.4 Å². The van der Waals surface area contributed by atoms with E-state index in [1.165, 1.54) is 28.1 Å². The highest BCUT2D eigenvalue weighted by atomic mass is 16.5. The summed E-state index contributed by atoms with van der Waals surface area (Å²) < 4.78 is 10.8. The van der Waals surface area contributed by atoms with Crippen LogP contribution < -0.4 is 20.1 Å². The molecule has 158 valence electrons. The largest absolute Gasteiger partial charge is 0.495 e. The lowest BCUT2D eigenvalue weighted by molar-refractivity contribution is -0.125. The van der Waals surface area contributed by atoms with Gasteiger partial charge in [-0.1, -0.05) is 24.3 Å². The van der Waals surface area contributed by atoms with Crippen LogP contribution in [0.3, 0.4) is 0 Å². The molecule has 2 aromatic carbocycles. The maximum absolute atomic E-state index is 12.3.